The van der Waals surface area contributed by atoms with Crippen LogP contribution in [0.5, 0.6) is 0 Å². The Morgan fingerprint density at radius 1 is 1.00 bits per heavy atom. The number of nitrogens with two attached hydrogens (primary N) is 2. The average Bonchev–Trinajstić information content (AvgIpc) is 2.44. The predicted molar refractivity (Wildman–Crippen MR) is 73.7 cm³/mol. The zero-order valence-corrected chi connectivity index (χ0v) is 10.7. The summed E-state index contributed by atoms with van der Waals surface area (Å²) < 4.78 is 27.2. The minimum Gasteiger partial charge on any atom is -0.396 e. The van der Waals surface area contributed by atoms with E-state index in [9.17, 15) is 18.4 Å². The SMILES string of the molecule is NC(=O)c1ccc(NC(=O)c2c(F)ccc(N)c2F)cc1. The maximum absolute atomic E-state index is 13.7. The first-order valence-electron chi connectivity index (χ1n) is 5.85. The third-order valence-electron chi connectivity index (χ3n) is 2.78. The van der Waals surface area contributed by atoms with Crippen molar-refractivity contribution in [3.63, 3.8) is 0 Å². The van der Waals surface area contributed by atoms with Gasteiger partial charge in [-0.05, 0) is 36.4 Å². The second-order valence-electron chi connectivity index (χ2n) is 4.22. The molecule has 2 aromatic carbocycles. The van der Waals surface area contributed by atoms with E-state index >= 15 is 0 Å². The van der Waals surface area contributed by atoms with Gasteiger partial charge in [-0.3, -0.25) is 9.59 Å². The first-order chi connectivity index (χ1) is 9.90. The van der Waals surface area contributed by atoms with Crippen LogP contribution >= 0.6 is 0 Å². The number of amides is 2. The molecule has 0 aromatic heterocycles. The van der Waals surface area contributed by atoms with Crippen molar-refractivity contribution in [1.82, 2.24) is 0 Å². The molecule has 0 bridgehead atoms. The summed E-state index contributed by atoms with van der Waals surface area (Å²) in [5.74, 6) is -3.75. The van der Waals surface area contributed by atoms with Gasteiger partial charge in [0.15, 0.2) is 5.82 Å². The van der Waals surface area contributed by atoms with Gasteiger partial charge in [0, 0.05) is 11.3 Å². The maximum atomic E-state index is 13.7. The number of nitrogens with one attached hydrogen (secondary N) is 1. The molecule has 0 aliphatic carbocycles. The Kier molecular flexibility index (Phi) is 3.84. The lowest BCUT2D eigenvalue weighted by atomic mass is 10.1. The van der Waals surface area contributed by atoms with Gasteiger partial charge in [-0.1, -0.05) is 0 Å². The molecule has 2 rings (SSSR count). The van der Waals surface area contributed by atoms with E-state index in [1.807, 2.05) is 0 Å². The number of benzene rings is 2. The lowest BCUT2D eigenvalue weighted by Crippen LogP contribution is -2.17. The lowest BCUT2D eigenvalue weighted by Gasteiger charge is -2.08. The summed E-state index contributed by atoms with van der Waals surface area (Å²) >= 11 is 0. The molecule has 5 N–H and O–H groups in total. The highest BCUT2D eigenvalue weighted by atomic mass is 19.1. The number of halogens is 2. The molecule has 0 spiro atoms. The van der Waals surface area contributed by atoms with E-state index in [4.69, 9.17) is 11.5 Å². The van der Waals surface area contributed by atoms with Crippen LogP contribution in [0.15, 0.2) is 36.4 Å². The number of carbonyl (C=O) groups excluding carboxylic acids is 2. The first-order valence-corrected chi connectivity index (χ1v) is 5.85. The summed E-state index contributed by atoms with van der Waals surface area (Å²) in [6.45, 7) is 0. The fourth-order valence-corrected chi connectivity index (χ4v) is 1.69. The van der Waals surface area contributed by atoms with Crippen molar-refractivity contribution in [3.05, 3.63) is 59.2 Å². The second-order valence-corrected chi connectivity index (χ2v) is 4.22. The Bertz CT molecular complexity index is 715. The summed E-state index contributed by atoms with van der Waals surface area (Å²) in [6, 6.07) is 7.47. The molecule has 108 valence electrons. The molecule has 21 heavy (non-hydrogen) atoms. The van der Waals surface area contributed by atoms with Gasteiger partial charge in [-0.2, -0.15) is 0 Å². The molecule has 0 heterocycles. The van der Waals surface area contributed by atoms with Crippen LogP contribution in [-0.4, -0.2) is 11.8 Å². The minimum absolute atomic E-state index is 0.245. The van der Waals surface area contributed by atoms with Crippen LogP contribution < -0.4 is 16.8 Å². The third kappa shape index (κ3) is 2.97. The minimum atomic E-state index is -1.12. The van der Waals surface area contributed by atoms with Crippen molar-refractivity contribution < 1.29 is 18.4 Å². The summed E-state index contributed by atoms with van der Waals surface area (Å²) in [5.41, 5.74) is 9.78. The number of hydrogen-bond donors (Lipinski definition) is 3. The van der Waals surface area contributed by atoms with Crippen LogP contribution in [-0.2, 0) is 0 Å². The predicted octanol–water partition coefficient (Wildman–Crippen LogP) is 1.90. The summed E-state index contributed by atoms with van der Waals surface area (Å²) in [6.07, 6.45) is 0. The maximum Gasteiger partial charge on any atom is 0.261 e. The van der Waals surface area contributed by atoms with Gasteiger partial charge in [-0.25, -0.2) is 8.78 Å². The van der Waals surface area contributed by atoms with Gasteiger partial charge < -0.3 is 16.8 Å². The lowest BCUT2D eigenvalue weighted by molar-refractivity contribution is 0.0997. The molecular formula is C14H11F2N3O2. The zero-order valence-electron chi connectivity index (χ0n) is 10.7. The Hall–Kier alpha value is -2.96. The number of hydrogen-bond acceptors (Lipinski definition) is 3. The van der Waals surface area contributed by atoms with Crippen molar-refractivity contribution >= 4 is 23.2 Å². The smallest absolute Gasteiger partial charge is 0.261 e. The Balaban J connectivity index is 2.26. The number of rotatable bonds is 3. The zero-order chi connectivity index (χ0) is 15.6. The van der Waals surface area contributed by atoms with Crippen molar-refractivity contribution in [2.75, 3.05) is 11.1 Å². The largest absolute Gasteiger partial charge is 0.396 e. The Labute approximate surface area is 118 Å². The van der Waals surface area contributed by atoms with Crippen molar-refractivity contribution in [1.29, 1.82) is 0 Å². The molecule has 0 saturated carbocycles. The van der Waals surface area contributed by atoms with E-state index in [-0.39, 0.29) is 16.9 Å². The van der Waals surface area contributed by atoms with E-state index in [1.54, 1.807) is 0 Å². The van der Waals surface area contributed by atoms with Gasteiger partial charge in [0.25, 0.3) is 5.91 Å². The fourth-order valence-electron chi connectivity index (χ4n) is 1.69. The Morgan fingerprint density at radius 3 is 2.19 bits per heavy atom. The highest BCUT2D eigenvalue weighted by Gasteiger charge is 2.19. The number of nitrogen functional groups attached to an aromatic ring is 1. The molecule has 0 fully saturated rings. The van der Waals surface area contributed by atoms with Gasteiger partial charge in [0.1, 0.15) is 11.4 Å². The van der Waals surface area contributed by atoms with Gasteiger partial charge in [0.05, 0.1) is 5.69 Å². The standard InChI is InChI=1S/C14H11F2N3O2/c15-9-5-6-10(17)12(16)11(9)14(21)19-8-3-1-7(2-4-8)13(18)20/h1-6H,17H2,(H2,18,20)(H,19,21). The molecule has 0 aliphatic heterocycles. The highest BCUT2D eigenvalue weighted by Crippen LogP contribution is 2.20. The first kappa shape index (κ1) is 14.4. The Morgan fingerprint density at radius 2 is 1.62 bits per heavy atom. The number of primary amides is 1. The van der Waals surface area contributed by atoms with E-state index < -0.39 is 29.0 Å². The van der Waals surface area contributed by atoms with E-state index in [2.05, 4.69) is 5.32 Å². The van der Waals surface area contributed by atoms with Crippen molar-refractivity contribution in [2.24, 2.45) is 5.73 Å². The summed E-state index contributed by atoms with van der Waals surface area (Å²) in [5, 5.41) is 2.31. The molecule has 0 saturated heterocycles. The molecule has 0 atom stereocenters. The monoisotopic (exact) mass is 291 g/mol. The quantitative estimate of drug-likeness (QED) is 0.753. The molecule has 0 aliphatic rings. The molecular weight excluding hydrogens is 280 g/mol. The summed E-state index contributed by atoms with van der Waals surface area (Å²) in [4.78, 5) is 22.8. The van der Waals surface area contributed by atoms with Crippen LogP contribution in [0.1, 0.15) is 20.7 Å². The highest BCUT2D eigenvalue weighted by molar-refractivity contribution is 6.05. The van der Waals surface area contributed by atoms with Crippen LogP contribution in [0.4, 0.5) is 20.2 Å². The molecule has 0 radical (unpaired) electrons. The van der Waals surface area contributed by atoms with E-state index in [0.29, 0.717) is 0 Å². The average molecular weight is 291 g/mol. The van der Waals surface area contributed by atoms with E-state index in [0.717, 1.165) is 12.1 Å². The van der Waals surface area contributed by atoms with Crippen LogP contribution in [0.3, 0.4) is 0 Å². The normalized spacial score (nSPS) is 10.2. The van der Waals surface area contributed by atoms with E-state index in [1.165, 1.54) is 24.3 Å². The number of carbonyl (C=O) groups is 2. The topological polar surface area (TPSA) is 98.2 Å². The van der Waals surface area contributed by atoms with Crippen molar-refractivity contribution in [3.8, 4) is 0 Å². The third-order valence-corrected chi connectivity index (χ3v) is 2.78. The van der Waals surface area contributed by atoms with Crippen LogP contribution in [0.25, 0.3) is 0 Å². The van der Waals surface area contributed by atoms with Crippen LogP contribution in [0.2, 0.25) is 0 Å². The second kappa shape index (κ2) is 5.58. The van der Waals surface area contributed by atoms with Gasteiger partial charge in [0.2, 0.25) is 5.91 Å². The number of anilines is 2. The van der Waals surface area contributed by atoms with Gasteiger partial charge >= 0.3 is 0 Å². The molecule has 2 aromatic rings. The molecule has 2 amide bonds. The summed E-state index contributed by atoms with van der Waals surface area (Å²) in [7, 11) is 0. The molecule has 7 heteroatoms. The molecule has 5 nitrogen and oxygen atoms in total. The fraction of sp³-hybridized carbons (Fsp3) is 0. The van der Waals surface area contributed by atoms with Crippen LogP contribution in [0, 0.1) is 11.6 Å². The van der Waals surface area contributed by atoms with Gasteiger partial charge in [-0.15, -0.1) is 0 Å². The van der Waals surface area contributed by atoms with Crippen molar-refractivity contribution in [2.45, 2.75) is 0 Å². The molecule has 0 unspecified atom stereocenters.